The van der Waals surface area contributed by atoms with Crippen molar-refractivity contribution in [2.45, 2.75) is 20.8 Å². The maximum Gasteiger partial charge on any atom is 0.339 e. The van der Waals surface area contributed by atoms with E-state index < -0.39 is 5.97 Å². The summed E-state index contributed by atoms with van der Waals surface area (Å²) in [6.45, 7) is 9.74. The van der Waals surface area contributed by atoms with Crippen LogP contribution in [0, 0.1) is 13.8 Å². The number of carboxylic acids is 1. The minimum atomic E-state index is -0.964. The lowest BCUT2D eigenvalue weighted by Gasteiger charge is -2.12. The van der Waals surface area contributed by atoms with Gasteiger partial charge in [-0.15, -0.1) is 0 Å². The molecule has 0 aliphatic heterocycles. The predicted molar refractivity (Wildman–Crippen MR) is 64.0 cm³/mol. The molecule has 4 heteroatoms. The van der Waals surface area contributed by atoms with Crippen LogP contribution in [0.1, 0.15) is 28.7 Å². The summed E-state index contributed by atoms with van der Waals surface area (Å²) in [6, 6.07) is 1.74. The van der Waals surface area contributed by atoms with E-state index in [4.69, 9.17) is 5.11 Å². The lowest BCUT2D eigenvalue weighted by Crippen LogP contribution is -2.11. The summed E-state index contributed by atoms with van der Waals surface area (Å²) in [5, 5.41) is 12.2. The second kappa shape index (κ2) is 4.79. The van der Waals surface area contributed by atoms with Gasteiger partial charge in [-0.05, 0) is 26.8 Å². The van der Waals surface area contributed by atoms with Gasteiger partial charge in [-0.25, -0.2) is 4.79 Å². The van der Waals surface area contributed by atoms with Gasteiger partial charge in [-0.2, -0.15) is 0 Å². The fourth-order valence-electron chi connectivity index (χ4n) is 1.48. The molecule has 2 N–H and O–H groups in total. The molecule has 16 heavy (non-hydrogen) atoms. The minimum absolute atomic E-state index is 0.229. The minimum Gasteiger partial charge on any atom is -0.478 e. The summed E-state index contributed by atoms with van der Waals surface area (Å²) in [6.07, 6.45) is 0. The van der Waals surface area contributed by atoms with Gasteiger partial charge >= 0.3 is 5.97 Å². The van der Waals surface area contributed by atoms with E-state index in [2.05, 4.69) is 16.9 Å². The quantitative estimate of drug-likeness (QED) is 0.765. The molecule has 0 amide bonds. The summed E-state index contributed by atoms with van der Waals surface area (Å²) in [5.74, 6) is -0.964. The molecule has 0 bridgehead atoms. The molecule has 86 valence electrons. The Labute approximate surface area is 95.0 Å². The molecule has 0 fully saturated rings. The fourth-order valence-corrected chi connectivity index (χ4v) is 1.48. The van der Waals surface area contributed by atoms with E-state index in [1.54, 1.807) is 13.0 Å². The van der Waals surface area contributed by atoms with Gasteiger partial charge in [-0.3, -0.25) is 4.98 Å². The first kappa shape index (κ1) is 12.2. The number of carbonyl (C=O) groups is 1. The van der Waals surface area contributed by atoms with Crippen molar-refractivity contribution in [1.29, 1.82) is 0 Å². The number of aromatic nitrogens is 1. The molecule has 0 aliphatic rings. The number of aryl methyl sites for hydroxylation is 2. The van der Waals surface area contributed by atoms with Crippen molar-refractivity contribution in [3.8, 4) is 0 Å². The average molecular weight is 220 g/mol. The molecule has 0 aromatic carbocycles. The average Bonchev–Trinajstić information content (AvgIpc) is 2.12. The maximum atomic E-state index is 11.1. The number of hydrogen-bond acceptors (Lipinski definition) is 3. The van der Waals surface area contributed by atoms with Gasteiger partial charge in [0.15, 0.2) is 0 Å². The number of hydrogen-bond donors (Lipinski definition) is 2. The molecular weight excluding hydrogens is 204 g/mol. The van der Waals surface area contributed by atoms with E-state index in [9.17, 15) is 4.79 Å². The molecule has 0 atom stereocenters. The molecule has 0 radical (unpaired) electrons. The Morgan fingerprint density at radius 2 is 2.19 bits per heavy atom. The second-order valence-corrected chi connectivity index (χ2v) is 3.89. The Morgan fingerprint density at radius 1 is 1.56 bits per heavy atom. The lowest BCUT2D eigenvalue weighted by molar-refractivity contribution is 0.0696. The van der Waals surface area contributed by atoms with E-state index in [-0.39, 0.29) is 5.56 Å². The molecule has 0 aliphatic carbocycles. The van der Waals surface area contributed by atoms with Crippen LogP contribution in [0.15, 0.2) is 18.2 Å². The van der Waals surface area contributed by atoms with Crippen molar-refractivity contribution in [2.75, 3.05) is 11.9 Å². The molecule has 1 heterocycles. The smallest absolute Gasteiger partial charge is 0.339 e. The summed E-state index contributed by atoms with van der Waals surface area (Å²) < 4.78 is 0. The number of rotatable bonds is 4. The Hall–Kier alpha value is -1.84. The number of nitrogens with one attached hydrogen (secondary N) is 1. The molecule has 1 aromatic rings. The highest BCUT2D eigenvalue weighted by molar-refractivity contribution is 5.95. The maximum absolute atomic E-state index is 11.1. The van der Waals surface area contributed by atoms with Crippen molar-refractivity contribution < 1.29 is 9.90 Å². The van der Waals surface area contributed by atoms with Crippen LogP contribution in [-0.4, -0.2) is 22.6 Å². The Bertz CT molecular complexity index is 439. The van der Waals surface area contributed by atoms with Crippen LogP contribution in [0.3, 0.4) is 0 Å². The zero-order chi connectivity index (χ0) is 12.3. The van der Waals surface area contributed by atoms with E-state index in [1.807, 2.05) is 13.8 Å². The van der Waals surface area contributed by atoms with Gasteiger partial charge in [0.1, 0.15) is 5.56 Å². The molecule has 0 unspecified atom stereocenters. The van der Waals surface area contributed by atoms with E-state index in [0.29, 0.717) is 17.9 Å². The number of anilines is 1. The molecule has 0 saturated heterocycles. The molecule has 1 aromatic heterocycles. The van der Waals surface area contributed by atoms with Gasteiger partial charge in [0.25, 0.3) is 0 Å². The third-order valence-electron chi connectivity index (χ3n) is 2.12. The number of nitrogens with zero attached hydrogens (tertiary/aromatic N) is 1. The number of aromatic carboxylic acids is 1. The summed E-state index contributed by atoms with van der Waals surface area (Å²) in [4.78, 5) is 15.2. The first-order valence-electron chi connectivity index (χ1n) is 5.01. The van der Waals surface area contributed by atoms with Crippen LogP contribution in [0.4, 0.5) is 5.69 Å². The molecule has 0 spiro atoms. The zero-order valence-electron chi connectivity index (χ0n) is 9.79. The van der Waals surface area contributed by atoms with Crippen molar-refractivity contribution in [1.82, 2.24) is 4.98 Å². The molecule has 4 nitrogen and oxygen atoms in total. The van der Waals surface area contributed by atoms with Crippen LogP contribution in [0.25, 0.3) is 0 Å². The Kier molecular flexibility index (Phi) is 3.66. The third-order valence-corrected chi connectivity index (χ3v) is 2.12. The van der Waals surface area contributed by atoms with Gasteiger partial charge in [0, 0.05) is 12.2 Å². The lowest BCUT2D eigenvalue weighted by atomic mass is 10.1. The standard InChI is InChI=1S/C12H16N2O2/c1-7(2)6-13-10-5-8(3)14-9(4)11(10)12(15)16/h5H,1,6H2,2-4H3,(H,13,14)(H,15,16). The van der Waals surface area contributed by atoms with Crippen LogP contribution in [0.2, 0.25) is 0 Å². The number of pyridine rings is 1. The third kappa shape index (κ3) is 2.82. The van der Waals surface area contributed by atoms with E-state index >= 15 is 0 Å². The van der Waals surface area contributed by atoms with Gasteiger partial charge in [0.2, 0.25) is 0 Å². The fraction of sp³-hybridized carbons (Fsp3) is 0.333. The Balaban J connectivity index is 3.13. The highest BCUT2D eigenvalue weighted by atomic mass is 16.4. The van der Waals surface area contributed by atoms with Gasteiger partial charge in [-0.1, -0.05) is 12.2 Å². The summed E-state index contributed by atoms with van der Waals surface area (Å²) >= 11 is 0. The van der Waals surface area contributed by atoms with Crippen molar-refractivity contribution in [3.63, 3.8) is 0 Å². The first-order valence-corrected chi connectivity index (χ1v) is 5.01. The SMILES string of the molecule is C=C(C)CNc1cc(C)nc(C)c1C(=O)O. The first-order chi connectivity index (χ1) is 7.41. The normalized spacial score (nSPS) is 9.94. The highest BCUT2D eigenvalue weighted by Gasteiger charge is 2.14. The van der Waals surface area contributed by atoms with Crippen molar-refractivity contribution >= 4 is 11.7 Å². The van der Waals surface area contributed by atoms with Crippen LogP contribution >= 0.6 is 0 Å². The molecule has 0 saturated carbocycles. The topological polar surface area (TPSA) is 62.2 Å². The van der Waals surface area contributed by atoms with Gasteiger partial charge in [0.05, 0.1) is 11.4 Å². The largest absolute Gasteiger partial charge is 0.478 e. The monoisotopic (exact) mass is 220 g/mol. The van der Waals surface area contributed by atoms with Crippen molar-refractivity contribution in [2.24, 2.45) is 0 Å². The second-order valence-electron chi connectivity index (χ2n) is 3.89. The molecular formula is C12H16N2O2. The summed E-state index contributed by atoms with van der Waals surface area (Å²) in [7, 11) is 0. The van der Waals surface area contributed by atoms with E-state index in [1.165, 1.54) is 0 Å². The Morgan fingerprint density at radius 3 is 2.69 bits per heavy atom. The zero-order valence-corrected chi connectivity index (χ0v) is 9.79. The van der Waals surface area contributed by atoms with Crippen LogP contribution in [-0.2, 0) is 0 Å². The predicted octanol–water partition coefficient (Wildman–Crippen LogP) is 2.38. The van der Waals surface area contributed by atoms with Crippen molar-refractivity contribution in [3.05, 3.63) is 35.2 Å². The molecule has 1 rings (SSSR count). The summed E-state index contributed by atoms with van der Waals surface area (Å²) in [5.41, 5.74) is 3.10. The van der Waals surface area contributed by atoms with E-state index in [0.717, 1.165) is 11.3 Å². The highest BCUT2D eigenvalue weighted by Crippen LogP contribution is 2.19. The van der Waals surface area contributed by atoms with Crippen LogP contribution < -0.4 is 5.32 Å². The number of carboxylic acid groups (broad SMARTS) is 1. The van der Waals surface area contributed by atoms with Gasteiger partial charge < -0.3 is 10.4 Å². The van der Waals surface area contributed by atoms with Crippen LogP contribution in [0.5, 0.6) is 0 Å².